The Hall–Kier alpha value is -4.17. The molecule has 0 saturated heterocycles. The van der Waals surface area contributed by atoms with Crippen LogP contribution in [-0.4, -0.2) is 39.8 Å². The SMILES string of the molecule is CC(=O)NC(CC(C)C)C(=O)CCl.O=C(O)c1ccccc1-c1c2ccc(=O)cc-2oc2cc(O)ccc12. The van der Waals surface area contributed by atoms with Gasteiger partial charge in [0, 0.05) is 35.6 Å². The third kappa shape index (κ3) is 6.77. The Labute approximate surface area is 224 Å². The number of aromatic carboxylic acids is 1. The number of aromatic hydroxyl groups is 1. The summed E-state index contributed by atoms with van der Waals surface area (Å²) in [6.07, 6.45) is 0.644. The van der Waals surface area contributed by atoms with Crippen LogP contribution in [0.15, 0.2) is 69.9 Å². The van der Waals surface area contributed by atoms with E-state index < -0.39 is 12.0 Å². The first kappa shape index (κ1) is 28.4. The van der Waals surface area contributed by atoms with Gasteiger partial charge in [0.05, 0.1) is 17.5 Å². The number of nitrogens with one attached hydrogen (secondary N) is 1. The van der Waals surface area contributed by atoms with Crippen LogP contribution in [0.25, 0.3) is 33.4 Å². The first-order chi connectivity index (χ1) is 18.0. The highest BCUT2D eigenvalue weighted by Crippen LogP contribution is 2.41. The molecule has 0 saturated carbocycles. The molecule has 2 aromatic carbocycles. The van der Waals surface area contributed by atoms with Gasteiger partial charge in [0.1, 0.15) is 17.1 Å². The molecule has 1 amide bonds. The Bertz CT molecular complexity index is 1510. The fraction of sp³-hybridized carbons (Fsp3) is 0.241. The standard InChI is InChI=1S/C20H12O5.C9H16ClNO2/c21-11-5-7-15-17(9-11)25-18-10-12(22)6-8-16(18)19(15)13-3-1-2-4-14(13)20(23)24;1-6(2)4-8(9(13)5-10)11-7(3)12/h1-10,21H,(H,23,24);6,8H,4-5H2,1-3H3,(H,11,12). The summed E-state index contributed by atoms with van der Waals surface area (Å²) in [6, 6.07) is 15.3. The summed E-state index contributed by atoms with van der Waals surface area (Å²) >= 11 is 5.41. The smallest absolute Gasteiger partial charge is 0.336 e. The van der Waals surface area contributed by atoms with E-state index in [1.807, 2.05) is 13.8 Å². The number of Topliss-reactive ketones (excluding diaryl/α,β-unsaturated/α-hetero) is 1. The van der Waals surface area contributed by atoms with Gasteiger partial charge >= 0.3 is 5.97 Å². The van der Waals surface area contributed by atoms with Crippen molar-refractivity contribution < 1.29 is 29.0 Å². The normalized spacial score (nSPS) is 11.6. The van der Waals surface area contributed by atoms with Crippen molar-refractivity contribution in [3.8, 4) is 28.2 Å². The highest BCUT2D eigenvalue weighted by Gasteiger charge is 2.21. The zero-order valence-corrected chi connectivity index (χ0v) is 21.9. The molecule has 1 atom stereocenters. The topological polar surface area (TPSA) is 134 Å². The van der Waals surface area contributed by atoms with Gasteiger partial charge in [-0.1, -0.05) is 32.0 Å². The first-order valence-corrected chi connectivity index (χ1v) is 12.4. The number of benzene rings is 3. The van der Waals surface area contributed by atoms with Crippen molar-refractivity contribution in [2.24, 2.45) is 5.92 Å². The lowest BCUT2D eigenvalue weighted by molar-refractivity contribution is -0.125. The number of carboxylic acid groups (broad SMARTS) is 1. The maximum absolute atomic E-state index is 11.7. The Kier molecular flexibility index (Phi) is 9.25. The molecular formula is C29H28ClNO7. The minimum Gasteiger partial charge on any atom is -0.508 e. The number of ketones is 1. The second-order valence-corrected chi connectivity index (χ2v) is 9.42. The van der Waals surface area contributed by atoms with Crippen LogP contribution in [0.4, 0.5) is 0 Å². The number of amides is 1. The zero-order valence-electron chi connectivity index (χ0n) is 21.2. The predicted molar refractivity (Wildman–Crippen MR) is 146 cm³/mol. The first-order valence-electron chi connectivity index (χ1n) is 11.9. The lowest BCUT2D eigenvalue weighted by Crippen LogP contribution is -2.41. The van der Waals surface area contributed by atoms with E-state index in [0.717, 1.165) is 0 Å². The number of hydrogen-bond acceptors (Lipinski definition) is 6. The molecule has 3 N–H and O–H groups in total. The number of phenolic OH excluding ortho intramolecular Hbond substituents is 1. The maximum atomic E-state index is 11.7. The van der Waals surface area contributed by atoms with Crippen molar-refractivity contribution in [3.63, 3.8) is 0 Å². The third-order valence-corrected chi connectivity index (χ3v) is 5.97. The van der Waals surface area contributed by atoms with Crippen molar-refractivity contribution in [2.75, 3.05) is 5.88 Å². The van der Waals surface area contributed by atoms with Gasteiger partial charge in [-0.25, -0.2) is 4.79 Å². The van der Waals surface area contributed by atoms with Crippen LogP contribution < -0.4 is 10.7 Å². The Morgan fingerprint density at radius 2 is 1.71 bits per heavy atom. The van der Waals surface area contributed by atoms with Crippen molar-refractivity contribution in [2.45, 2.75) is 33.2 Å². The largest absolute Gasteiger partial charge is 0.508 e. The summed E-state index contributed by atoms with van der Waals surface area (Å²) in [5.74, 6) is -0.680. The molecule has 1 aliphatic carbocycles. The molecule has 4 rings (SSSR count). The second-order valence-electron chi connectivity index (χ2n) is 9.15. The van der Waals surface area contributed by atoms with Crippen molar-refractivity contribution in [3.05, 3.63) is 76.5 Å². The van der Waals surface area contributed by atoms with Gasteiger partial charge in [0.2, 0.25) is 5.91 Å². The van der Waals surface area contributed by atoms with E-state index in [4.69, 9.17) is 16.0 Å². The number of fused-ring (bicyclic) bond motifs is 2. The minimum absolute atomic E-state index is 0.0198. The minimum atomic E-state index is -1.04. The lowest BCUT2D eigenvalue weighted by Gasteiger charge is -2.17. The van der Waals surface area contributed by atoms with Gasteiger partial charge in [-0.15, -0.1) is 11.6 Å². The van der Waals surface area contributed by atoms with Gasteiger partial charge in [-0.2, -0.15) is 0 Å². The third-order valence-electron chi connectivity index (χ3n) is 5.71. The monoisotopic (exact) mass is 537 g/mol. The van der Waals surface area contributed by atoms with E-state index in [9.17, 15) is 29.4 Å². The number of carbonyl (C=O) groups is 3. The van der Waals surface area contributed by atoms with Crippen molar-refractivity contribution in [1.82, 2.24) is 5.32 Å². The van der Waals surface area contributed by atoms with Crippen LogP contribution >= 0.6 is 11.6 Å². The zero-order chi connectivity index (χ0) is 28.0. The molecule has 1 aliphatic heterocycles. The van der Waals surface area contributed by atoms with Crippen molar-refractivity contribution >= 4 is 40.2 Å². The maximum Gasteiger partial charge on any atom is 0.336 e. The molecule has 198 valence electrons. The van der Waals surface area contributed by atoms with Gasteiger partial charge in [-0.05, 0) is 48.2 Å². The molecule has 1 heterocycles. The average Bonchev–Trinajstić information content (AvgIpc) is 2.86. The van der Waals surface area contributed by atoms with Gasteiger partial charge < -0.3 is 19.9 Å². The second kappa shape index (κ2) is 12.4. The van der Waals surface area contributed by atoms with Crippen LogP contribution in [-0.2, 0) is 9.59 Å². The highest BCUT2D eigenvalue weighted by atomic mass is 35.5. The van der Waals surface area contributed by atoms with Crippen molar-refractivity contribution in [1.29, 1.82) is 0 Å². The molecule has 0 spiro atoms. The van der Waals surface area contributed by atoms with E-state index in [-0.39, 0.29) is 34.3 Å². The molecule has 2 aromatic rings. The summed E-state index contributed by atoms with van der Waals surface area (Å²) in [5, 5.41) is 22.5. The number of carbonyl (C=O) groups excluding carboxylic acids is 2. The summed E-state index contributed by atoms with van der Waals surface area (Å²) in [7, 11) is 0. The molecule has 1 unspecified atom stereocenters. The van der Waals surface area contributed by atoms with Crippen LogP contribution in [0.3, 0.4) is 0 Å². The Morgan fingerprint density at radius 1 is 1.00 bits per heavy atom. The van der Waals surface area contributed by atoms with Crippen LogP contribution in [0, 0.1) is 5.92 Å². The van der Waals surface area contributed by atoms with Gasteiger partial charge in [0.15, 0.2) is 11.2 Å². The molecule has 8 nitrogen and oxygen atoms in total. The Morgan fingerprint density at radius 3 is 2.34 bits per heavy atom. The number of hydrogen-bond donors (Lipinski definition) is 3. The predicted octanol–water partition coefficient (Wildman–Crippen LogP) is 5.31. The quantitative estimate of drug-likeness (QED) is 0.215. The fourth-order valence-electron chi connectivity index (χ4n) is 4.12. The van der Waals surface area contributed by atoms with E-state index in [0.29, 0.717) is 45.8 Å². The summed E-state index contributed by atoms with van der Waals surface area (Å²) in [4.78, 5) is 45.4. The van der Waals surface area contributed by atoms with Crippen LogP contribution in [0.5, 0.6) is 5.75 Å². The number of carboxylic acids is 1. The molecule has 9 heteroatoms. The molecule has 2 aliphatic rings. The van der Waals surface area contributed by atoms with Crippen LogP contribution in [0.1, 0.15) is 37.6 Å². The lowest BCUT2D eigenvalue weighted by atomic mass is 9.91. The molecular weight excluding hydrogens is 510 g/mol. The summed E-state index contributed by atoms with van der Waals surface area (Å²) < 4.78 is 5.76. The summed E-state index contributed by atoms with van der Waals surface area (Å²) in [6.45, 7) is 5.39. The van der Waals surface area contributed by atoms with Gasteiger partial charge in [0.25, 0.3) is 0 Å². The molecule has 0 fully saturated rings. The Balaban J connectivity index is 0.000000263. The van der Waals surface area contributed by atoms with Gasteiger partial charge in [-0.3, -0.25) is 14.4 Å². The number of phenols is 1. The van der Waals surface area contributed by atoms with Crippen LogP contribution in [0.2, 0.25) is 0 Å². The molecule has 0 radical (unpaired) electrons. The number of halogens is 1. The average molecular weight is 538 g/mol. The van der Waals surface area contributed by atoms with E-state index >= 15 is 0 Å². The van der Waals surface area contributed by atoms with E-state index in [1.165, 1.54) is 37.3 Å². The highest BCUT2D eigenvalue weighted by molar-refractivity contribution is 6.28. The van der Waals surface area contributed by atoms with E-state index in [2.05, 4.69) is 5.32 Å². The van der Waals surface area contributed by atoms with E-state index in [1.54, 1.807) is 30.3 Å². The molecule has 0 aromatic heterocycles. The number of alkyl halides is 1. The summed E-state index contributed by atoms with van der Waals surface area (Å²) in [5.41, 5.74) is 2.10. The number of rotatable bonds is 7. The molecule has 38 heavy (non-hydrogen) atoms. The molecule has 0 bridgehead atoms. The fourth-order valence-corrected chi connectivity index (χ4v) is 4.30.